The minimum Gasteiger partial charge on any atom is -0.462 e. The molecule has 1 aliphatic heterocycles. The number of anilines is 1. The summed E-state index contributed by atoms with van der Waals surface area (Å²) in [6, 6.07) is 3.87. The number of nitrogens with zero attached hydrogens (tertiary/aromatic N) is 2. The standard InChI is InChI=1S/C12H15N3O2S/c1-2-17-12(16)10-5-8(6-13)11(18-10)15-4-3-9(14)7-15/h5,9H,2-4,7,14H2,1H3/t9-/m0/s1. The third-order valence-electron chi connectivity index (χ3n) is 2.82. The number of ether oxygens (including phenoxy) is 1. The summed E-state index contributed by atoms with van der Waals surface area (Å²) in [5.41, 5.74) is 6.38. The maximum atomic E-state index is 11.6. The monoisotopic (exact) mass is 265 g/mol. The van der Waals surface area contributed by atoms with Crippen LogP contribution in [0.1, 0.15) is 28.6 Å². The summed E-state index contributed by atoms with van der Waals surface area (Å²) in [7, 11) is 0. The summed E-state index contributed by atoms with van der Waals surface area (Å²) in [6.07, 6.45) is 0.914. The van der Waals surface area contributed by atoms with E-state index in [9.17, 15) is 4.79 Å². The van der Waals surface area contributed by atoms with Gasteiger partial charge in [0.05, 0.1) is 12.2 Å². The van der Waals surface area contributed by atoms with Gasteiger partial charge in [0.1, 0.15) is 15.9 Å². The van der Waals surface area contributed by atoms with Crippen molar-refractivity contribution in [1.29, 1.82) is 5.26 Å². The third kappa shape index (κ3) is 2.47. The van der Waals surface area contributed by atoms with Gasteiger partial charge in [0.25, 0.3) is 0 Å². The molecule has 2 heterocycles. The minimum atomic E-state index is -0.367. The number of hydrogen-bond donors (Lipinski definition) is 1. The molecule has 2 rings (SSSR count). The average molecular weight is 265 g/mol. The molecule has 0 bridgehead atoms. The predicted octanol–water partition coefficient (Wildman–Crippen LogP) is 1.33. The van der Waals surface area contributed by atoms with Crippen molar-refractivity contribution in [2.75, 3.05) is 24.6 Å². The van der Waals surface area contributed by atoms with Gasteiger partial charge in [-0.2, -0.15) is 5.26 Å². The van der Waals surface area contributed by atoms with Crippen LogP contribution in [0, 0.1) is 11.3 Å². The summed E-state index contributed by atoms with van der Waals surface area (Å²) >= 11 is 1.30. The van der Waals surface area contributed by atoms with Gasteiger partial charge in [-0.1, -0.05) is 0 Å². The van der Waals surface area contributed by atoms with Crippen LogP contribution in [0.15, 0.2) is 6.07 Å². The highest BCUT2D eigenvalue weighted by atomic mass is 32.1. The molecule has 1 aromatic heterocycles. The number of nitrogens with two attached hydrogens (primary N) is 1. The van der Waals surface area contributed by atoms with Crippen LogP contribution in [0.5, 0.6) is 0 Å². The molecule has 18 heavy (non-hydrogen) atoms. The van der Waals surface area contributed by atoms with Gasteiger partial charge in [0, 0.05) is 19.1 Å². The van der Waals surface area contributed by atoms with E-state index in [4.69, 9.17) is 15.7 Å². The van der Waals surface area contributed by atoms with Gasteiger partial charge in [-0.25, -0.2) is 4.79 Å². The van der Waals surface area contributed by atoms with E-state index >= 15 is 0 Å². The van der Waals surface area contributed by atoms with Crippen LogP contribution in [-0.4, -0.2) is 31.7 Å². The molecule has 0 aliphatic carbocycles. The normalized spacial score (nSPS) is 18.7. The lowest BCUT2D eigenvalue weighted by Crippen LogP contribution is -2.26. The molecule has 0 aromatic carbocycles. The van der Waals surface area contributed by atoms with E-state index in [1.54, 1.807) is 13.0 Å². The molecule has 0 unspecified atom stereocenters. The van der Waals surface area contributed by atoms with Crippen molar-refractivity contribution in [1.82, 2.24) is 0 Å². The molecule has 1 atom stereocenters. The van der Waals surface area contributed by atoms with Gasteiger partial charge < -0.3 is 15.4 Å². The fourth-order valence-corrected chi connectivity index (χ4v) is 3.01. The number of hydrogen-bond acceptors (Lipinski definition) is 6. The Bertz CT molecular complexity index is 492. The van der Waals surface area contributed by atoms with Crippen LogP contribution in [0.4, 0.5) is 5.00 Å². The molecule has 1 saturated heterocycles. The molecule has 0 saturated carbocycles. The van der Waals surface area contributed by atoms with Gasteiger partial charge in [0.15, 0.2) is 0 Å². The smallest absolute Gasteiger partial charge is 0.348 e. The molecule has 1 aliphatic rings. The molecule has 1 aromatic rings. The van der Waals surface area contributed by atoms with Crippen molar-refractivity contribution in [3.05, 3.63) is 16.5 Å². The Morgan fingerprint density at radius 2 is 2.56 bits per heavy atom. The lowest BCUT2D eigenvalue weighted by molar-refractivity contribution is 0.0532. The molecular weight excluding hydrogens is 250 g/mol. The Hall–Kier alpha value is -1.58. The fourth-order valence-electron chi connectivity index (χ4n) is 1.97. The summed E-state index contributed by atoms with van der Waals surface area (Å²) < 4.78 is 4.94. The van der Waals surface area contributed by atoms with E-state index < -0.39 is 0 Å². The molecule has 6 heteroatoms. The zero-order chi connectivity index (χ0) is 13.1. The van der Waals surface area contributed by atoms with Gasteiger partial charge in [-0.05, 0) is 19.4 Å². The molecule has 96 valence electrons. The maximum Gasteiger partial charge on any atom is 0.348 e. The summed E-state index contributed by atoms with van der Waals surface area (Å²) in [4.78, 5) is 14.2. The van der Waals surface area contributed by atoms with Crippen molar-refractivity contribution in [3.63, 3.8) is 0 Å². The second-order valence-corrected chi connectivity index (χ2v) is 5.19. The van der Waals surface area contributed by atoms with Crippen LogP contribution < -0.4 is 10.6 Å². The van der Waals surface area contributed by atoms with E-state index in [-0.39, 0.29) is 12.0 Å². The fraction of sp³-hybridized carbons (Fsp3) is 0.500. The van der Waals surface area contributed by atoms with Crippen molar-refractivity contribution in [2.45, 2.75) is 19.4 Å². The SMILES string of the molecule is CCOC(=O)c1cc(C#N)c(N2CC[C@H](N)C2)s1. The van der Waals surface area contributed by atoms with E-state index in [0.717, 1.165) is 24.5 Å². The Labute approximate surface area is 110 Å². The molecule has 1 fully saturated rings. The van der Waals surface area contributed by atoms with Gasteiger partial charge in [0.2, 0.25) is 0 Å². The molecule has 0 radical (unpaired) electrons. The lowest BCUT2D eigenvalue weighted by Gasteiger charge is -2.15. The molecule has 5 nitrogen and oxygen atoms in total. The second-order valence-electron chi connectivity index (χ2n) is 4.16. The predicted molar refractivity (Wildman–Crippen MR) is 69.8 cm³/mol. The first kappa shape index (κ1) is 12.9. The van der Waals surface area contributed by atoms with E-state index in [1.807, 2.05) is 0 Å². The highest BCUT2D eigenvalue weighted by Gasteiger charge is 2.25. The zero-order valence-electron chi connectivity index (χ0n) is 10.2. The Kier molecular flexibility index (Phi) is 3.84. The van der Waals surface area contributed by atoms with Crippen LogP contribution in [0.25, 0.3) is 0 Å². The van der Waals surface area contributed by atoms with Gasteiger partial charge in [-0.15, -0.1) is 11.3 Å². The van der Waals surface area contributed by atoms with Crippen LogP contribution in [-0.2, 0) is 4.74 Å². The first-order chi connectivity index (χ1) is 8.65. The van der Waals surface area contributed by atoms with Crippen molar-refractivity contribution < 1.29 is 9.53 Å². The number of rotatable bonds is 3. The Morgan fingerprint density at radius 3 is 3.11 bits per heavy atom. The Morgan fingerprint density at radius 1 is 1.78 bits per heavy atom. The Balaban J connectivity index is 2.25. The van der Waals surface area contributed by atoms with Crippen LogP contribution in [0.3, 0.4) is 0 Å². The summed E-state index contributed by atoms with van der Waals surface area (Å²) in [5.74, 6) is -0.367. The molecular formula is C12H15N3O2S. The second kappa shape index (κ2) is 5.38. The van der Waals surface area contributed by atoms with Crippen molar-refractivity contribution in [3.8, 4) is 6.07 Å². The highest BCUT2D eigenvalue weighted by molar-refractivity contribution is 7.18. The number of carbonyl (C=O) groups is 1. The summed E-state index contributed by atoms with van der Waals surface area (Å²) in [6.45, 7) is 3.66. The number of esters is 1. The largest absolute Gasteiger partial charge is 0.462 e. The topological polar surface area (TPSA) is 79.4 Å². The zero-order valence-corrected chi connectivity index (χ0v) is 11.0. The average Bonchev–Trinajstić information content (AvgIpc) is 2.94. The molecule has 0 spiro atoms. The van der Waals surface area contributed by atoms with Crippen molar-refractivity contribution in [2.24, 2.45) is 5.73 Å². The first-order valence-electron chi connectivity index (χ1n) is 5.87. The van der Waals surface area contributed by atoms with Gasteiger partial charge >= 0.3 is 5.97 Å². The lowest BCUT2D eigenvalue weighted by atomic mass is 10.3. The van der Waals surface area contributed by atoms with Gasteiger partial charge in [-0.3, -0.25) is 0 Å². The number of nitriles is 1. The number of thiophene rings is 1. The first-order valence-corrected chi connectivity index (χ1v) is 6.69. The third-order valence-corrected chi connectivity index (χ3v) is 4.00. The van der Waals surface area contributed by atoms with Crippen molar-refractivity contribution >= 4 is 22.3 Å². The van der Waals surface area contributed by atoms with Crippen LogP contribution in [0.2, 0.25) is 0 Å². The highest BCUT2D eigenvalue weighted by Crippen LogP contribution is 2.33. The summed E-state index contributed by atoms with van der Waals surface area (Å²) in [5, 5.41) is 9.94. The maximum absolute atomic E-state index is 11.6. The quantitative estimate of drug-likeness (QED) is 0.834. The van der Waals surface area contributed by atoms with E-state index in [2.05, 4.69) is 11.0 Å². The van der Waals surface area contributed by atoms with E-state index in [1.165, 1.54) is 11.3 Å². The van der Waals surface area contributed by atoms with E-state index in [0.29, 0.717) is 17.0 Å². The molecule has 2 N–H and O–H groups in total. The minimum absolute atomic E-state index is 0.143. The van der Waals surface area contributed by atoms with Crippen LogP contribution >= 0.6 is 11.3 Å². The molecule has 0 amide bonds. The number of carbonyl (C=O) groups excluding carboxylic acids is 1.